The Hall–Kier alpha value is -1.62. The minimum Gasteiger partial charge on any atom is -0.414 e. The van der Waals surface area contributed by atoms with Crippen LogP contribution in [0.5, 0.6) is 0 Å². The van der Waals surface area contributed by atoms with E-state index in [2.05, 4.69) is 16.1 Å². The topological polar surface area (TPSA) is 81.2 Å². The van der Waals surface area contributed by atoms with Crippen molar-refractivity contribution < 1.29 is 12.8 Å². The highest BCUT2D eigenvalue weighted by Crippen LogP contribution is 2.28. The van der Waals surface area contributed by atoms with E-state index in [-0.39, 0.29) is 22.3 Å². The molecule has 138 valence electrons. The molecule has 26 heavy (non-hydrogen) atoms. The van der Waals surface area contributed by atoms with Crippen molar-refractivity contribution in [1.29, 1.82) is 0 Å². The molecule has 1 aliphatic heterocycles. The van der Waals surface area contributed by atoms with Gasteiger partial charge < -0.3 is 4.42 Å². The van der Waals surface area contributed by atoms with Gasteiger partial charge in [-0.15, -0.1) is 16.4 Å². The number of fused-ring (bicyclic) bond motifs is 1. The molecular formula is C16H18N4O3S3. The molecule has 1 aromatic carbocycles. The minimum absolute atomic E-state index is 0.0871. The smallest absolute Gasteiger partial charge is 0.288 e. The normalized spacial score (nSPS) is 19.5. The molecule has 1 atom stereocenters. The van der Waals surface area contributed by atoms with Gasteiger partial charge in [0, 0.05) is 0 Å². The summed E-state index contributed by atoms with van der Waals surface area (Å²) >= 11 is 6.91. The van der Waals surface area contributed by atoms with Crippen LogP contribution in [0.15, 0.2) is 28.7 Å². The highest BCUT2D eigenvalue weighted by atomic mass is 32.2. The molecule has 0 aliphatic carbocycles. The molecule has 0 bridgehead atoms. The summed E-state index contributed by atoms with van der Waals surface area (Å²) in [5.41, 5.74) is 1.00. The highest BCUT2D eigenvalue weighted by molar-refractivity contribution is 7.91. The molecule has 1 aliphatic rings. The van der Waals surface area contributed by atoms with Gasteiger partial charge in [0.1, 0.15) is 5.01 Å². The van der Waals surface area contributed by atoms with E-state index in [4.69, 9.17) is 16.6 Å². The maximum Gasteiger partial charge on any atom is 0.288 e. The Morgan fingerprint density at radius 2 is 2.23 bits per heavy atom. The number of para-hydroxylation sites is 1. The van der Waals surface area contributed by atoms with Gasteiger partial charge in [-0.25, -0.2) is 18.1 Å². The molecule has 0 spiro atoms. The summed E-state index contributed by atoms with van der Waals surface area (Å²) < 4.78 is 31.6. The second-order valence-electron chi connectivity index (χ2n) is 6.54. The second-order valence-corrected chi connectivity index (χ2v) is 10.2. The number of thiazole rings is 1. The molecule has 0 unspecified atom stereocenters. The van der Waals surface area contributed by atoms with Crippen molar-refractivity contribution in [3.8, 4) is 0 Å². The highest BCUT2D eigenvalue weighted by Gasteiger charge is 2.32. The van der Waals surface area contributed by atoms with Crippen molar-refractivity contribution in [2.75, 3.05) is 18.6 Å². The monoisotopic (exact) mass is 410 g/mol. The Balaban J connectivity index is 1.46. The Kier molecular flexibility index (Phi) is 4.68. The SMILES string of the molecule is CN(Cc1nc2ccccc2s1)Cn1nc([C@H]2CCS(=O)(=O)C2)oc1=S. The van der Waals surface area contributed by atoms with Crippen LogP contribution in [0, 0.1) is 4.84 Å². The van der Waals surface area contributed by atoms with Crippen LogP contribution >= 0.6 is 23.6 Å². The van der Waals surface area contributed by atoms with Gasteiger partial charge in [0.05, 0.1) is 40.9 Å². The molecule has 3 heterocycles. The Morgan fingerprint density at radius 1 is 1.42 bits per heavy atom. The van der Waals surface area contributed by atoms with Crippen LogP contribution in [-0.2, 0) is 23.1 Å². The number of aromatic nitrogens is 3. The van der Waals surface area contributed by atoms with Gasteiger partial charge in [0.25, 0.3) is 4.84 Å². The first kappa shape index (κ1) is 17.8. The van der Waals surface area contributed by atoms with Gasteiger partial charge in [0.15, 0.2) is 9.84 Å². The molecule has 0 saturated carbocycles. The average molecular weight is 411 g/mol. The largest absolute Gasteiger partial charge is 0.414 e. The molecular weight excluding hydrogens is 392 g/mol. The Bertz CT molecular complexity index is 1070. The lowest BCUT2D eigenvalue weighted by Gasteiger charge is -2.13. The fourth-order valence-electron chi connectivity index (χ4n) is 3.06. The van der Waals surface area contributed by atoms with Crippen LogP contribution in [-0.4, -0.2) is 46.6 Å². The molecule has 0 N–H and O–H groups in total. The molecule has 3 aromatic rings. The van der Waals surface area contributed by atoms with Crippen LogP contribution in [0.25, 0.3) is 10.2 Å². The van der Waals surface area contributed by atoms with Gasteiger partial charge in [-0.2, -0.15) is 0 Å². The quantitative estimate of drug-likeness (QED) is 0.598. The first-order valence-electron chi connectivity index (χ1n) is 8.21. The maximum atomic E-state index is 11.6. The van der Waals surface area contributed by atoms with Crippen LogP contribution in [0.4, 0.5) is 0 Å². The average Bonchev–Trinajstić information content (AvgIpc) is 3.24. The fourth-order valence-corrected chi connectivity index (χ4v) is 6.03. The van der Waals surface area contributed by atoms with Crippen LogP contribution in [0.3, 0.4) is 0 Å². The molecule has 0 amide bonds. The zero-order chi connectivity index (χ0) is 18.3. The minimum atomic E-state index is -2.98. The summed E-state index contributed by atoms with van der Waals surface area (Å²) in [5, 5.41) is 5.42. The molecule has 7 nitrogen and oxygen atoms in total. The van der Waals surface area contributed by atoms with Gasteiger partial charge >= 0.3 is 0 Å². The fraction of sp³-hybridized carbons (Fsp3) is 0.438. The molecule has 1 saturated heterocycles. The van der Waals surface area contributed by atoms with Crippen LogP contribution < -0.4 is 0 Å². The van der Waals surface area contributed by atoms with Crippen molar-refractivity contribution in [2.24, 2.45) is 0 Å². The third-order valence-corrected chi connectivity index (χ3v) is 7.41. The molecule has 0 radical (unpaired) electrons. The first-order valence-corrected chi connectivity index (χ1v) is 11.3. The van der Waals surface area contributed by atoms with E-state index in [1.807, 2.05) is 30.1 Å². The first-order chi connectivity index (χ1) is 12.4. The zero-order valence-corrected chi connectivity index (χ0v) is 16.6. The summed E-state index contributed by atoms with van der Waals surface area (Å²) in [4.78, 5) is 6.94. The summed E-state index contributed by atoms with van der Waals surface area (Å²) in [7, 11) is -1.02. The molecule has 4 rings (SSSR count). The predicted molar refractivity (Wildman–Crippen MR) is 102 cm³/mol. The van der Waals surface area contributed by atoms with Crippen molar-refractivity contribution in [3.05, 3.63) is 40.0 Å². The van der Waals surface area contributed by atoms with Crippen LogP contribution in [0.1, 0.15) is 23.2 Å². The number of rotatable bonds is 5. The van der Waals surface area contributed by atoms with E-state index in [9.17, 15) is 8.42 Å². The summed E-state index contributed by atoms with van der Waals surface area (Å²) in [5.74, 6) is 0.496. The zero-order valence-electron chi connectivity index (χ0n) is 14.2. The van der Waals surface area contributed by atoms with Gasteiger partial charge in [-0.1, -0.05) is 12.1 Å². The van der Waals surface area contributed by atoms with Crippen molar-refractivity contribution in [2.45, 2.75) is 25.6 Å². The third-order valence-electron chi connectivity index (χ3n) is 4.32. The molecule has 10 heteroatoms. The van der Waals surface area contributed by atoms with Crippen molar-refractivity contribution in [3.63, 3.8) is 0 Å². The molecule has 1 fully saturated rings. The lowest BCUT2D eigenvalue weighted by Crippen LogP contribution is -2.22. The van der Waals surface area contributed by atoms with Gasteiger partial charge in [-0.05, 0) is 37.8 Å². The van der Waals surface area contributed by atoms with Crippen molar-refractivity contribution >= 4 is 43.6 Å². The number of benzene rings is 1. The lowest BCUT2D eigenvalue weighted by atomic mass is 10.1. The number of nitrogens with zero attached hydrogens (tertiary/aromatic N) is 4. The van der Waals surface area contributed by atoms with E-state index in [0.717, 1.165) is 10.5 Å². The summed E-state index contributed by atoms with van der Waals surface area (Å²) in [6.45, 7) is 1.12. The number of hydrogen-bond acceptors (Lipinski definition) is 8. The second kappa shape index (κ2) is 6.84. The van der Waals surface area contributed by atoms with E-state index < -0.39 is 9.84 Å². The Labute approximate surface area is 160 Å². The van der Waals surface area contributed by atoms with Crippen molar-refractivity contribution in [1.82, 2.24) is 19.7 Å². The lowest BCUT2D eigenvalue weighted by molar-refractivity contribution is 0.240. The Morgan fingerprint density at radius 3 is 2.96 bits per heavy atom. The van der Waals surface area contributed by atoms with E-state index in [1.54, 1.807) is 16.0 Å². The maximum absolute atomic E-state index is 11.6. The van der Waals surface area contributed by atoms with Crippen LogP contribution in [0.2, 0.25) is 0 Å². The van der Waals surface area contributed by atoms with Gasteiger partial charge in [0.2, 0.25) is 5.89 Å². The van der Waals surface area contributed by atoms with E-state index >= 15 is 0 Å². The number of sulfone groups is 1. The van der Waals surface area contributed by atoms with Gasteiger partial charge in [-0.3, -0.25) is 4.90 Å². The third kappa shape index (κ3) is 3.73. The summed E-state index contributed by atoms with van der Waals surface area (Å²) in [6.07, 6.45) is 0.541. The standard InChI is InChI=1S/C16H18N4O3S3/c1-19(8-14-17-12-4-2-3-5-13(12)25-14)10-20-16(24)23-15(18-20)11-6-7-26(21,22)9-11/h2-5,11H,6-10H2,1H3/t11-/m0/s1. The number of hydrogen-bond donors (Lipinski definition) is 0. The van der Waals surface area contributed by atoms with E-state index in [1.165, 1.54) is 4.70 Å². The predicted octanol–water partition coefficient (Wildman–Crippen LogP) is 2.81. The summed E-state index contributed by atoms with van der Waals surface area (Å²) in [6, 6.07) is 8.06. The van der Waals surface area contributed by atoms with E-state index in [0.29, 0.717) is 25.5 Å². The molecule has 2 aromatic heterocycles.